The SMILES string of the molecule is C=C(C)C.C=C(CC(C)(C)C)N(CCC)CC(C)C.C=S(=C)(C)c1ccc(C)cc1.CC[C@H](C)CCC[C@H](C)c1cccc(F)c1. The van der Waals surface area contributed by atoms with Gasteiger partial charge in [-0.05, 0) is 104 Å². The molecule has 0 fully saturated rings. The predicted molar refractivity (Wildman–Crippen MR) is 216 cm³/mol. The Morgan fingerprint density at radius 2 is 1.46 bits per heavy atom. The smallest absolute Gasteiger partial charge is 0.123 e. The van der Waals surface area contributed by atoms with Crippen LogP contribution in [0.15, 0.2) is 77.9 Å². The second-order valence-corrected chi connectivity index (χ2v) is 18.4. The molecule has 0 heterocycles. The van der Waals surface area contributed by atoms with E-state index in [1.807, 2.05) is 19.9 Å². The summed E-state index contributed by atoms with van der Waals surface area (Å²) in [5.74, 6) is 9.97. The highest BCUT2D eigenvalue weighted by atomic mass is 32.2. The zero-order valence-corrected chi connectivity index (χ0v) is 33.4. The minimum atomic E-state index is -1.02. The summed E-state index contributed by atoms with van der Waals surface area (Å²) in [6, 6.07) is 15.4. The van der Waals surface area contributed by atoms with Gasteiger partial charge in [-0.1, -0.05) is 135 Å². The fourth-order valence-electron chi connectivity index (χ4n) is 4.64. The largest absolute Gasteiger partial charge is 0.375 e. The lowest BCUT2D eigenvalue weighted by Crippen LogP contribution is -2.29. The number of nitrogens with zero attached hydrogens (tertiary/aromatic N) is 1. The summed E-state index contributed by atoms with van der Waals surface area (Å²) in [7, 11) is -1.02. The van der Waals surface area contributed by atoms with E-state index in [0.29, 0.717) is 17.3 Å². The van der Waals surface area contributed by atoms with Gasteiger partial charge >= 0.3 is 0 Å². The Labute approximate surface area is 288 Å². The molecule has 0 amide bonds. The number of allylic oxidation sites excluding steroid dienone is 2. The second kappa shape index (κ2) is 24.0. The molecule has 0 spiro atoms. The number of hydrogen-bond donors (Lipinski definition) is 0. The Bertz CT molecular complexity index is 1190. The summed E-state index contributed by atoms with van der Waals surface area (Å²) in [6.07, 6.45) is 9.35. The van der Waals surface area contributed by atoms with Crippen molar-refractivity contribution in [2.24, 2.45) is 17.3 Å². The lowest BCUT2D eigenvalue weighted by Gasteiger charge is -2.32. The second-order valence-electron chi connectivity index (χ2n) is 15.3. The maximum atomic E-state index is 13.0. The van der Waals surface area contributed by atoms with Crippen molar-refractivity contribution < 1.29 is 4.39 Å². The molecular weight excluding hydrogens is 582 g/mol. The minimum absolute atomic E-state index is 0.119. The lowest BCUT2D eigenvalue weighted by molar-refractivity contribution is 0.265. The topological polar surface area (TPSA) is 3.24 Å². The van der Waals surface area contributed by atoms with Crippen LogP contribution in [0.1, 0.15) is 132 Å². The third kappa shape index (κ3) is 25.9. The van der Waals surface area contributed by atoms with E-state index >= 15 is 0 Å². The molecule has 2 aromatic rings. The highest BCUT2D eigenvalue weighted by Gasteiger charge is 2.16. The van der Waals surface area contributed by atoms with Crippen molar-refractivity contribution >= 4 is 20.9 Å². The zero-order valence-electron chi connectivity index (χ0n) is 32.6. The van der Waals surface area contributed by atoms with Gasteiger partial charge in [-0.15, -0.1) is 6.58 Å². The molecule has 0 radical (unpaired) electrons. The standard InChI is InChI=1S/C15H23F.C14H29N.C10H14S.C4H8/c1-4-12(2)7-5-8-13(3)14-9-6-10-15(16)11-14;1-8-9-15(11-12(2)3)13(4)10-14(5,6)7;1-9-5-7-10(8-6-9)11(2,3)4;1-4(2)3/h6,9-13H,4-5,7-8H2,1-3H3;12H,4,8-11H2,1-3,5-7H3;5-8H,2-3H2,1,4H3;1H2,2-3H3/t12-,13-;;;/m0.../s1. The van der Waals surface area contributed by atoms with Crippen LogP contribution in [0.4, 0.5) is 4.39 Å². The first-order valence-electron chi connectivity index (χ1n) is 17.4. The van der Waals surface area contributed by atoms with Crippen molar-refractivity contribution in [3.63, 3.8) is 0 Å². The average molecular weight is 656 g/mol. The molecule has 0 bridgehead atoms. The number of aryl methyl sites for hydroxylation is 1. The molecule has 0 saturated heterocycles. The molecule has 0 aliphatic carbocycles. The van der Waals surface area contributed by atoms with Crippen LogP contribution in [-0.4, -0.2) is 36.0 Å². The first-order valence-corrected chi connectivity index (χ1v) is 19.8. The van der Waals surface area contributed by atoms with E-state index in [4.69, 9.17) is 0 Å². The molecule has 0 saturated carbocycles. The first-order chi connectivity index (χ1) is 21.1. The first kappa shape index (κ1) is 45.9. The van der Waals surface area contributed by atoms with Crippen molar-refractivity contribution in [3.8, 4) is 0 Å². The van der Waals surface area contributed by atoms with Crippen LogP contribution in [-0.2, 0) is 0 Å². The number of benzene rings is 2. The van der Waals surface area contributed by atoms with Crippen LogP contribution < -0.4 is 0 Å². The number of hydrogen-bond acceptors (Lipinski definition) is 1. The third-order valence-electron chi connectivity index (χ3n) is 7.30. The molecule has 0 aromatic heterocycles. The Morgan fingerprint density at radius 1 is 0.913 bits per heavy atom. The summed E-state index contributed by atoms with van der Waals surface area (Å²) in [4.78, 5) is 3.72. The molecule has 264 valence electrons. The monoisotopic (exact) mass is 656 g/mol. The molecular formula is C43H74FNS. The maximum absolute atomic E-state index is 13.0. The number of halogens is 1. The van der Waals surface area contributed by atoms with Crippen LogP contribution in [0, 0.1) is 30.0 Å². The van der Waals surface area contributed by atoms with Gasteiger partial charge in [0.25, 0.3) is 0 Å². The molecule has 0 aliphatic heterocycles. The van der Waals surface area contributed by atoms with Crippen molar-refractivity contribution in [2.45, 2.75) is 132 Å². The summed E-state index contributed by atoms with van der Waals surface area (Å²) in [5.41, 5.74) is 5.24. The minimum Gasteiger partial charge on any atom is -0.375 e. The Balaban J connectivity index is 0. The van der Waals surface area contributed by atoms with Crippen molar-refractivity contribution in [1.82, 2.24) is 4.90 Å². The van der Waals surface area contributed by atoms with Gasteiger partial charge in [0.2, 0.25) is 0 Å². The summed E-state index contributed by atoms with van der Waals surface area (Å²) < 4.78 is 13.0. The Morgan fingerprint density at radius 3 is 1.87 bits per heavy atom. The highest BCUT2D eigenvalue weighted by molar-refractivity contribution is 8.27. The molecule has 0 unspecified atom stereocenters. The van der Waals surface area contributed by atoms with Crippen LogP contribution in [0.25, 0.3) is 0 Å². The zero-order chi connectivity index (χ0) is 36.1. The number of rotatable bonds is 13. The quantitative estimate of drug-likeness (QED) is 0.153. The summed E-state index contributed by atoms with van der Waals surface area (Å²) in [6.45, 7) is 36.4. The third-order valence-corrected chi connectivity index (χ3v) is 8.71. The van der Waals surface area contributed by atoms with Crippen molar-refractivity contribution in [2.75, 3.05) is 19.3 Å². The Hall–Kier alpha value is -2.26. The van der Waals surface area contributed by atoms with E-state index < -0.39 is 9.21 Å². The van der Waals surface area contributed by atoms with E-state index in [-0.39, 0.29) is 5.82 Å². The van der Waals surface area contributed by atoms with Gasteiger partial charge in [0.1, 0.15) is 5.82 Å². The van der Waals surface area contributed by atoms with Gasteiger partial charge in [-0.25, -0.2) is 4.39 Å². The van der Waals surface area contributed by atoms with Gasteiger partial charge in [-0.3, -0.25) is 0 Å². The molecule has 46 heavy (non-hydrogen) atoms. The van der Waals surface area contributed by atoms with E-state index in [0.717, 1.165) is 37.4 Å². The normalized spacial score (nSPS) is 12.3. The van der Waals surface area contributed by atoms with Gasteiger partial charge in [0.15, 0.2) is 0 Å². The molecule has 3 heteroatoms. The molecule has 2 aromatic carbocycles. The lowest BCUT2D eigenvalue weighted by atomic mass is 9.90. The average Bonchev–Trinajstić information content (AvgIpc) is 2.91. The Kier molecular flexibility index (Phi) is 23.9. The molecule has 2 rings (SSSR count). The summed E-state index contributed by atoms with van der Waals surface area (Å²) in [5, 5.41) is 0. The fourth-order valence-corrected chi connectivity index (χ4v) is 5.43. The summed E-state index contributed by atoms with van der Waals surface area (Å²) >= 11 is 0. The molecule has 1 nitrogen and oxygen atoms in total. The fraction of sp³-hybridized carbons (Fsp3) is 0.581. The van der Waals surface area contributed by atoms with E-state index in [2.05, 4.69) is 130 Å². The van der Waals surface area contributed by atoms with Crippen LogP contribution in [0.5, 0.6) is 0 Å². The van der Waals surface area contributed by atoms with Gasteiger partial charge < -0.3 is 4.90 Å². The van der Waals surface area contributed by atoms with Crippen LogP contribution in [0.2, 0.25) is 0 Å². The molecule has 0 N–H and O–H groups in total. The van der Waals surface area contributed by atoms with Crippen molar-refractivity contribution in [3.05, 3.63) is 89.9 Å². The van der Waals surface area contributed by atoms with Crippen LogP contribution in [0.3, 0.4) is 0 Å². The van der Waals surface area contributed by atoms with Gasteiger partial charge in [-0.2, -0.15) is 9.21 Å². The van der Waals surface area contributed by atoms with E-state index in [9.17, 15) is 4.39 Å². The molecule has 0 aliphatic rings. The molecule has 2 atom stereocenters. The van der Waals surface area contributed by atoms with Crippen molar-refractivity contribution in [1.29, 1.82) is 0 Å². The van der Waals surface area contributed by atoms with Gasteiger partial charge in [0.05, 0.1) is 0 Å². The predicted octanol–water partition coefficient (Wildman–Crippen LogP) is 13.7. The van der Waals surface area contributed by atoms with Crippen LogP contribution >= 0.6 is 9.21 Å². The highest BCUT2D eigenvalue weighted by Crippen LogP contribution is 2.27. The van der Waals surface area contributed by atoms with Gasteiger partial charge in [0, 0.05) is 18.8 Å². The van der Waals surface area contributed by atoms with E-state index in [1.54, 1.807) is 12.1 Å². The maximum Gasteiger partial charge on any atom is 0.123 e. The van der Waals surface area contributed by atoms with E-state index in [1.165, 1.54) is 53.5 Å².